The minimum absolute atomic E-state index is 0.0545. The predicted molar refractivity (Wildman–Crippen MR) is 97.1 cm³/mol. The number of nitrogen functional groups attached to an aromatic ring is 1. The van der Waals surface area contributed by atoms with E-state index in [1.807, 2.05) is 41.3 Å². The second-order valence-corrected chi connectivity index (χ2v) is 6.85. The number of carbonyl (C=O) groups excluding carboxylic acids is 1. The van der Waals surface area contributed by atoms with Crippen molar-refractivity contribution in [3.8, 4) is 11.3 Å². The fraction of sp³-hybridized carbons (Fsp3) is 0.350. The molecule has 1 aromatic carbocycles. The van der Waals surface area contributed by atoms with Crippen molar-refractivity contribution in [3.05, 3.63) is 48.2 Å². The molecule has 2 unspecified atom stereocenters. The Kier molecular flexibility index (Phi) is 4.74. The first kappa shape index (κ1) is 16.4. The van der Waals surface area contributed by atoms with Crippen LogP contribution in [0.15, 0.2) is 46.9 Å². The van der Waals surface area contributed by atoms with Crippen molar-refractivity contribution in [2.24, 2.45) is 11.8 Å². The number of nitrogens with zero attached hydrogens (tertiary/aromatic N) is 1. The number of furan rings is 1. The monoisotopic (exact) mass is 324 g/mol. The molecule has 2 heterocycles. The van der Waals surface area contributed by atoms with Crippen LogP contribution in [-0.4, -0.2) is 23.9 Å². The first-order valence-corrected chi connectivity index (χ1v) is 8.44. The summed E-state index contributed by atoms with van der Waals surface area (Å²) in [5.41, 5.74) is 7.39. The summed E-state index contributed by atoms with van der Waals surface area (Å²) in [5.74, 6) is 2.62. The molecular formula is C20H24N2O2. The summed E-state index contributed by atoms with van der Waals surface area (Å²) >= 11 is 0. The van der Waals surface area contributed by atoms with Crippen LogP contribution in [0.5, 0.6) is 0 Å². The number of amides is 1. The van der Waals surface area contributed by atoms with E-state index in [1.54, 1.807) is 12.2 Å². The molecule has 1 amide bonds. The van der Waals surface area contributed by atoms with Gasteiger partial charge in [0.15, 0.2) is 0 Å². The predicted octanol–water partition coefficient (Wildman–Crippen LogP) is 4.05. The van der Waals surface area contributed by atoms with Gasteiger partial charge in [0.1, 0.15) is 11.5 Å². The van der Waals surface area contributed by atoms with Crippen molar-refractivity contribution in [3.63, 3.8) is 0 Å². The Balaban J connectivity index is 1.66. The molecule has 4 heteroatoms. The third kappa shape index (κ3) is 3.88. The summed E-state index contributed by atoms with van der Waals surface area (Å²) in [5, 5.41) is 0. The number of benzene rings is 1. The SMILES string of the molecule is CC1CC(C)CN(C(=O)/C=C/c2ccc(-c3ccc(N)cc3)o2)C1. The molecule has 0 spiro atoms. The summed E-state index contributed by atoms with van der Waals surface area (Å²) in [4.78, 5) is 14.3. The maximum absolute atomic E-state index is 12.4. The highest BCUT2D eigenvalue weighted by Gasteiger charge is 2.24. The highest BCUT2D eigenvalue weighted by molar-refractivity contribution is 5.91. The lowest BCUT2D eigenvalue weighted by Gasteiger charge is -2.34. The van der Waals surface area contributed by atoms with Gasteiger partial charge in [-0.25, -0.2) is 0 Å². The van der Waals surface area contributed by atoms with Crippen LogP contribution in [0.1, 0.15) is 26.0 Å². The molecule has 0 radical (unpaired) electrons. The fourth-order valence-electron chi connectivity index (χ4n) is 3.35. The maximum atomic E-state index is 12.4. The third-order valence-electron chi connectivity index (χ3n) is 4.39. The van der Waals surface area contributed by atoms with E-state index in [9.17, 15) is 4.79 Å². The van der Waals surface area contributed by atoms with Crippen LogP contribution in [0.25, 0.3) is 17.4 Å². The number of nitrogens with two attached hydrogens (primary N) is 1. The minimum atomic E-state index is 0.0545. The van der Waals surface area contributed by atoms with Gasteiger partial charge in [0, 0.05) is 30.4 Å². The molecule has 0 bridgehead atoms. The molecule has 0 aliphatic carbocycles. The van der Waals surface area contributed by atoms with E-state index in [2.05, 4.69) is 13.8 Å². The largest absolute Gasteiger partial charge is 0.457 e. The molecule has 1 fully saturated rings. The molecular weight excluding hydrogens is 300 g/mol. The molecule has 2 atom stereocenters. The van der Waals surface area contributed by atoms with Gasteiger partial charge < -0.3 is 15.1 Å². The molecule has 3 rings (SSSR count). The van der Waals surface area contributed by atoms with Crippen LogP contribution in [0, 0.1) is 11.8 Å². The Morgan fingerprint density at radius 1 is 1.12 bits per heavy atom. The normalized spacial score (nSPS) is 21.3. The molecule has 1 aliphatic heterocycles. The zero-order valence-corrected chi connectivity index (χ0v) is 14.2. The summed E-state index contributed by atoms with van der Waals surface area (Å²) < 4.78 is 5.79. The summed E-state index contributed by atoms with van der Waals surface area (Å²) in [6.07, 6.45) is 4.54. The molecule has 2 N–H and O–H groups in total. The number of carbonyl (C=O) groups is 1. The number of rotatable bonds is 3. The first-order valence-electron chi connectivity index (χ1n) is 8.44. The topological polar surface area (TPSA) is 59.5 Å². The third-order valence-corrected chi connectivity index (χ3v) is 4.39. The van der Waals surface area contributed by atoms with Crippen LogP contribution in [0.2, 0.25) is 0 Å². The van der Waals surface area contributed by atoms with Gasteiger partial charge in [-0.3, -0.25) is 4.79 Å². The first-order chi connectivity index (χ1) is 11.5. The second-order valence-electron chi connectivity index (χ2n) is 6.85. The Bertz CT molecular complexity index is 720. The van der Waals surface area contributed by atoms with Crippen LogP contribution < -0.4 is 5.73 Å². The van der Waals surface area contributed by atoms with Crippen LogP contribution in [0.4, 0.5) is 5.69 Å². The van der Waals surface area contributed by atoms with E-state index in [4.69, 9.17) is 10.2 Å². The van der Waals surface area contributed by atoms with E-state index in [0.29, 0.717) is 17.6 Å². The van der Waals surface area contributed by atoms with Gasteiger partial charge in [0.25, 0.3) is 0 Å². The second kappa shape index (κ2) is 6.95. The van der Waals surface area contributed by atoms with E-state index in [-0.39, 0.29) is 5.91 Å². The lowest BCUT2D eigenvalue weighted by molar-refractivity contribution is -0.128. The fourth-order valence-corrected chi connectivity index (χ4v) is 3.35. The van der Waals surface area contributed by atoms with Crippen LogP contribution >= 0.6 is 0 Å². The average Bonchev–Trinajstić information content (AvgIpc) is 3.01. The standard InChI is InChI=1S/C20H24N2O2/c1-14-11-15(2)13-22(12-14)20(23)10-8-18-7-9-19(24-18)16-3-5-17(21)6-4-16/h3-10,14-15H,11-13,21H2,1-2H3/b10-8+. The van der Waals surface area contributed by atoms with Gasteiger partial charge in [-0.15, -0.1) is 0 Å². The molecule has 24 heavy (non-hydrogen) atoms. The van der Waals surface area contributed by atoms with Crippen molar-refractivity contribution in [1.29, 1.82) is 0 Å². The summed E-state index contributed by atoms with van der Waals surface area (Å²) in [6.45, 7) is 6.07. The summed E-state index contributed by atoms with van der Waals surface area (Å²) in [7, 11) is 0. The number of hydrogen-bond acceptors (Lipinski definition) is 3. The Morgan fingerprint density at radius 3 is 2.46 bits per heavy atom. The molecule has 1 aromatic heterocycles. The number of likely N-dealkylation sites (tertiary alicyclic amines) is 1. The Labute approximate surface area is 142 Å². The van der Waals surface area contributed by atoms with E-state index < -0.39 is 0 Å². The van der Waals surface area contributed by atoms with Crippen molar-refractivity contribution in [2.45, 2.75) is 20.3 Å². The van der Waals surface area contributed by atoms with Gasteiger partial charge >= 0.3 is 0 Å². The van der Waals surface area contributed by atoms with Gasteiger partial charge in [-0.2, -0.15) is 0 Å². The Hall–Kier alpha value is -2.49. The van der Waals surface area contributed by atoms with Crippen molar-refractivity contribution < 1.29 is 9.21 Å². The highest BCUT2D eigenvalue weighted by atomic mass is 16.3. The Morgan fingerprint density at radius 2 is 1.79 bits per heavy atom. The highest BCUT2D eigenvalue weighted by Crippen LogP contribution is 2.24. The molecule has 126 valence electrons. The number of hydrogen-bond donors (Lipinski definition) is 1. The van der Waals surface area contributed by atoms with Crippen LogP contribution in [0.3, 0.4) is 0 Å². The summed E-state index contributed by atoms with van der Waals surface area (Å²) in [6, 6.07) is 11.3. The van der Waals surface area contributed by atoms with E-state index in [0.717, 1.165) is 30.1 Å². The van der Waals surface area contributed by atoms with Crippen molar-refractivity contribution in [2.75, 3.05) is 18.8 Å². The van der Waals surface area contributed by atoms with Crippen molar-refractivity contribution >= 4 is 17.7 Å². The average molecular weight is 324 g/mol. The van der Waals surface area contributed by atoms with Gasteiger partial charge in [0.2, 0.25) is 5.91 Å². The minimum Gasteiger partial charge on any atom is -0.457 e. The van der Waals surface area contributed by atoms with Crippen molar-refractivity contribution in [1.82, 2.24) is 4.90 Å². The lowest BCUT2D eigenvalue weighted by Crippen LogP contribution is -2.41. The maximum Gasteiger partial charge on any atom is 0.246 e. The molecule has 4 nitrogen and oxygen atoms in total. The molecule has 0 saturated carbocycles. The number of piperidine rings is 1. The molecule has 1 saturated heterocycles. The number of anilines is 1. The van der Waals surface area contributed by atoms with Gasteiger partial charge in [-0.05, 0) is 60.7 Å². The van der Waals surface area contributed by atoms with Gasteiger partial charge in [-0.1, -0.05) is 13.8 Å². The van der Waals surface area contributed by atoms with Crippen LogP contribution in [-0.2, 0) is 4.79 Å². The molecule has 2 aromatic rings. The smallest absolute Gasteiger partial charge is 0.246 e. The zero-order valence-electron chi connectivity index (χ0n) is 14.2. The quantitative estimate of drug-likeness (QED) is 0.684. The lowest BCUT2D eigenvalue weighted by atomic mass is 9.92. The van der Waals surface area contributed by atoms with E-state index in [1.165, 1.54) is 6.42 Å². The molecule has 1 aliphatic rings. The van der Waals surface area contributed by atoms with E-state index >= 15 is 0 Å². The zero-order chi connectivity index (χ0) is 17.1. The van der Waals surface area contributed by atoms with Gasteiger partial charge in [0.05, 0.1) is 0 Å².